The molecular weight excluding hydrogens is 461 g/mol. The molecule has 0 radical (unpaired) electrons. The molecule has 1 atom stereocenters. The molecule has 0 saturated carbocycles. The number of likely N-dealkylation sites (N-methyl/N-ethyl adjacent to an activating group) is 1. The molecule has 0 aromatic heterocycles. The number of aliphatic hydroxyl groups excluding tert-OH is 1. The molecular formula is C20H26FN3O6S2. The topological polar surface area (TPSA) is 124 Å². The predicted molar refractivity (Wildman–Crippen MR) is 120 cm³/mol. The zero-order chi connectivity index (χ0) is 24.1. The number of aliphatic hydroxyl groups is 1. The highest BCUT2D eigenvalue weighted by molar-refractivity contribution is 7.92. The smallest absolute Gasteiger partial charge is 0.243 e. The molecule has 2 N–H and O–H groups in total. The van der Waals surface area contributed by atoms with Gasteiger partial charge in [-0.1, -0.05) is 6.92 Å². The van der Waals surface area contributed by atoms with Crippen LogP contribution in [0.1, 0.15) is 13.8 Å². The first-order valence-electron chi connectivity index (χ1n) is 9.63. The molecule has 176 valence electrons. The summed E-state index contributed by atoms with van der Waals surface area (Å²) in [6.45, 7) is 2.17. The number of carbonyl (C=O) groups excluding carboxylic acids is 1. The van der Waals surface area contributed by atoms with E-state index in [0.29, 0.717) is 5.69 Å². The Hall–Kier alpha value is -2.54. The van der Waals surface area contributed by atoms with Crippen LogP contribution in [-0.2, 0) is 24.8 Å². The van der Waals surface area contributed by atoms with Gasteiger partial charge in [0.2, 0.25) is 26.0 Å². The first-order valence-corrected chi connectivity index (χ1v) is 12.9. The molecule has 0 heterocycles. The SMILES string of the molecule is CCN(CC(O)CN(c1ccc(F)cc1)S(C)(=O)=O)S(=O)(=O)c1ccc(NC(C)=O)cc1. The Labute approximate surface area is 187 Å². The van der Waals surface area contributed by atoms with Gasteiger partial charge in [0.1, 0.15) is 5.82 Å². The summed E-state index contributed by atoms with van der Waals surface area (Å²) in [5, 5.41) is 13.1. The van der Waals surface area contributed by atoms with Crippen LogP contribution in [0.25, 0.3) is 0 Å². The molecule has 0 aliphatic carbocycles. The number of nitrogens with one attached hydrogen (secondary N) is 1. The van der Waals surface area contributed by atoms with Gasteiger partial charge in [0.25, 0.3) is 0 Å². The van der Waals surface area contributed by atoms with Crippen LogP contribution in [0.4, 0.5) is 15.8 Å². The van der Waals surface area contributed by atoms with E-state index in [4.69, 9.17) is 0 Å². The van der Waals surface area contributed by atoms with Crippen molar-refractivity contribution in [3.63, 3.8) is 0 Å². The summed E-state index contributed by atoms with van der Waals surface area (Å²) in [7, 11) is -7.81. The van der Waals surface area contributed by atoms with E-state index in [1.54, 1.807) is 6.92 Å². The number of amides is 1. The fourth-order valence-corrected chi connectivity index (χ4v) is 5.42. The van der Waals surface area contributed by atoms with E-state index >= 15 is 0 Å². The lowest BCUT2D eigenvalue weighted by Gasteiger charge is -2.28. The van der Waals surface area contributed by atoms with Crippen LogP contribution in [0.15, 0.2) is 53.4 Å². The van der Waals surface area contributed by atoms with Crippen molar-refractivity contribution in [3.8, 4) is 0 Å². The molecule has 32 heavy (non-hydrogen) atoms. The summed E-state index contributed by atoms with van der Waals surface area (Å²) < 4.78 is 65.4. The van der Waals surface area contributed by atoms with Crippen LogP contribution in [0.3, 0.4) is 0 Å². The van der Waals surface area contributed by atoms with Crippen LogP contribution >= 0.6 is 0 Å². The van der Waals surface area contributed by atoms with Crippen molar-refractivity contribution in [1.29, 1.82) is 0 Å². The lowest BCUT2D eigenvalue weighted by molar-refractivity contribution is -0.114. The number of halogens is 1. The van der Waals surface area contributed by atoms with Crippen molar-refractivity contribution < 1.29 is 31.1 Å². The van der Waals surface area contributed by atoms with Gasteiger partial charge in [0.15, 0.2) is 0 Å². The number of sulfonamides is 2. The van der Waals surface area contributed by atoms with Crippen LogP contribution in [0, 0.1) is 5.82 Å². The number of carbonyl (C=O) groups is 1. The molecule has 0 aliphatic heterocycles. The molecule has 0 saturated heterocycles. The first kappa shape index (κ1) is 25.7. The van der Waals surface area contributed by atoms with E-state index in [1.165, 1.54) is 43.3 Å². The van der Waals surface area contributed by atoms with Gasteiger partial charge in [-0.3, -0.25) is 9.10 Å². The monoisotopic (exact) mass is 487 g/mol. The summed E-state index contributed by atoms with van der Waals surface area (Å²) >= 11 is 0. The molecule has 1 unspecified atom stereocenters. The van der Waals surface area contributed by atoms with Gasteiger partial charge in [-0.25, -0.2) is 21.2 Å². The lowest BCUT2D eigenvalue weighted by atomic mass is 10.3. The Morgan fingerprint density at radius 1 is 1.03 bits per heavy atom. The molecule has 0 aliphatic rings. The van der Waals surface area contributed by atoms with E-state index in [9.17, 15) is 31.1 Å². The molecule has 0 spiro atoms. The van der Waals surface area contributed by atoms with Crippen LogP contribution in [-0.4, -0.2) is 64.1 Å². The van der Waals surface area contributed by atoms with Gasteiger partial charge < -0.3 is 10.4 Å². The van der Waals surface area contributed by atoms with Gasteiger partial charge in [0, 0.05) is 25.7 Å². The molecule has 2 aromatic carbocycles. The number of benzene rings is 2. The molecule has 9 nitrogen and oxygen atoms in total. The number of hydrogen-bond donors (Lipinski definition) is 2. The number of hydrogen-bond acceptors (Lipinski definition) is 6. The van der Waals surface area contributed by atoms with Crippen molar-refractivity contribution in [1.82, 2.24) is 4.31 Å². The number of nitrogens with zero attached hydrogens (tertiary/aromatic N) is 2. The van der Waals surface area contributed by atoms with Crippen molar-refractivity contribution >= 4 is 37.3 Å². The second-order valence-corrected chi connectivity index (χ2v) is 10.9. The third kappa shape index (κ3) is 6.73. The molecule has 0 bridgehead atoms. The minimum atomic E-state index is -3.99. The normalized spacial score (nSPS) is 13.1. The molecule has 1 amide bonds. The standard InChI is InChI=1S/C20H26FN3O6S2/c1-4-23(32(29,30)20-11-7-17(8-12-20)22-15(2)25)13-19(26)14-24(31(3,27)28)18-9-5-16(21)6-10-18/h5-12,19,26H,4,13-14H2,1-3H3,(H,22,25). The second-order valence-electron chi connectivity index (χ2n) is 7.09. The molecule has 12 heteroatoms. The minimum Gasteiger partial charge on any atom is -0.390 e. The number of anilines is 2. The van der Waals surface area contributed by atoms with E-state index in [1.807, 2.05) is 0 Å². The Morgan fingerprint density at radius 2 is 1.59 bits per heavy atom. The van der Waals surface area contributed by atoms with Crippen molar-refractivity contribution in [3.05, 3.63) is 54.3 Å². The number of rotatable bonds is 10. The van der Waals surface area contributed by atoms with Gasteiger partial charge in [-0.05, 0) is 48.5 Å². The second kappa shape index (κ2) is 10.4. The first-order chi connectivity index (χ1) is 14.8. The highest BCUT2D eigenvalue weighted by Crippen LogP contribution is 2.21. The Morgan fingerprint density at radius 3 is 2.06 bits per heavy atom. The maximum Gasteiger partial charge on any atom is 0.243 e. The Bertz CT molecular complexity index is 1140. The highest BCUT2D eigenvalue weighted by Gasteiger charge is 2.28. The fraction of sp³-hybridized carbons (Fsp3) is 0.350. The zero-order valence-corrected chi connectivity index (χ0v) is 19.5. The Balaban J connectivity index is 2.20. The Kier molecular flexibility index (Phi) is 8.35. The van der Waals surface area contributed by atoms with Gasteiger partial charge in [0.05, 0.1) is 29.5 Å². The average molecular weight is 488 g/mol. The molecule has 0 fully saturated rings. The lowest BCUT2D eigenvalue weighted by Crippen LogP contribution is -2.44. The molecule has 2 aromatic rings. The van der Waals surface area contributed by atoms with Gasteiger partial charge >= 0.3 is 0 Å². The van der Waals surface area contributed by atoms with Crippen LogP contribution < -0.4 is 9.62 Å². The maximum absolute atomic E-state index is 13.2. The maximum atomic E-state index is 13.2. The van der Waals surface area contributed by atoms with Crippen molar-refractivity contribution in [2.75, 3.05) is 35.5 Å². The largest absolute Gasteiger partial charge is 0.390 e. The summed E-state index contributed by atoms with van der Waals surface area (Å²) in [6.07, 6.45) is -0.420. The zero-order valence-electron chi connectivity index (χ0n) is 17.9. The van der Waals surface area contributed by atoms with Crippen molar-refractivity contribution in [2.45, 2.75) is 24.8 Å². The minimum absolute atomic E-state index is 0.0300. The third-order valence-electron chi connectivity index (χ3n) is 4.47. The average Bonchev–Trinajstić information content (AvgIpc) is 2.70. The van der Waals surface area contributed by atoms with E-state index in [2.05, 4.69) is 5.32 Å². The van der Waals surface area contributed by atoms with Gasteiger partial charge in [-0.2, -0.15) is 4.31 Å². The van der Waals surface area contributed by atoms with Crippen LogP contribution in [0.2, 0.25) is 0 Å². The predicted octanol–water partition coefficient (Wildman–Crippen LogP) is 1.62. The molecule has 2 rings (SSSR count). The summed E-state index contributed by atoms with van der Waals surface area (Å²) in [4.78, 5) is 11.1. The summed E-state index contributed by atoms with van der Waals surface area (Å²) in [6, 6.07) is 10.2. The fourth-order valence-electron chi connectivity index (χ4n) is 2.98. The van der Waals surface area contributed by atoms with E-state index in [-0.39, 0.29) is 29.6 Å². The quantitative estimate of drug-likeness (QED) is 0.525. The van der Waals surface area contributed by atoms with Gasteiger partial charge in [-0.15, -0.1) is 0 Å². The van der Waals surface area contributed by atoms with Crippen molar-refractivity contribution in [2.24, 2.45) is 0 Å². The van der Waals surface area contributed by atoms with E-state index < -0.39 is 38.5 Å². The third-order valence-corrected chi connectivity index (χ3v) is 7.59. The summed E-state index contributed by atoms with van der Waals surface area (Å²) in [5.41, 5.74) is 0.579. The van der Waals surface area contributed by atoms with Crippen LogP contribution in [0.5, 0.6) is 0 Å². The van der Waals surface area contributed by atoms with E-state index in [0.717, 1.165) is 27.0 Å². The highest BCUT2D eigenvalue weighted by atomic mass is 32.2. The summed E-state index contributed by atoms with van der Waals surface area (Å²) in [5.74, 6) is -0.842.